The van der Waals surface area contributed by atoms with Crippen LogP contribution in [-0.4, -0.2) is 5.11 Å². The number of hydrogen-bond acceptors (Lipinski definition) is 1. The molecule has 1 nitrogen and oxygen atoms in total. The molecule has 1 rings (SSSR count). The van der Waals surface area contributed by atoms with Gasteiger partial charge in [-0.2, -0.15) is 0 Å². The van der Waals surface area contributed by atoms with E-state index in [4.69, 9.17) is 0 Å². The highest BCUT2D eigenvalue weighted by molar-refractivity contribution is 5.16. The van der Waals surface area contributed by atoms with E-state index in [0.717, 1.165) is 31.2 Å². The Morgan fingerprint density at radius 1 is 1.27 bits per heavy atom. The Morgan fingerprint density at radius 3 is 2.53 bits per heavy atom. The highest BCUT2D eigenvalue weighted by Gasteiger charge is 2.05. The molecule has 82 valence electrons. The maximum Gasteiger partial charge on any atom is 0.0790 e. The number of hydrogen-bond donors (Lipinski definition) is 1. The first-order valence-electron chi connectivity index (χ1n) is 5.57. The maximum absolute atomic E-state index is 9.86. The number of unbranched alkanes of at least 4 members (excludes halogenated alkanes) is 1. The van der Waals surface area contributed by atoms with Crippen molar-refractivity contribution < 1.29 is 5.11 Å². The van der Waals surface area contributed by atoms with Gasteiger partial charge in [0.25, 0.3) is 0 Å². The van der Waals surface area contributed by atoms with E-state index in [2.05, 4.69) is 6.58 Å². The minimum atomic E-state index is -0.309. The van der Waals surface area contributed by atoms with Gasteiger partial charge in [0.15, 0.2) is 0 Å². The van der Waals surface area contributed by atoms with Gasteiger partial charge >= 0.3 is 0 Å². The molecule has 1 unspecified atom stereocenters. The standard InChI is InChI=1S/C14H20O/c1-12(2)8-6-7-11-14(15)13-9-4-3-5-10-13/h3-5,9-10,14-15H,1,6-8,11H2,2H3. The van der Waals surface area contributed by atoms with E-state index in [0.29, 0.717) is 0 Å². The lowest BCUT2D eigenvalue weighted by Crippen LogP contribution is -1.96. The molecule has 15 heavy (non-hydrogen) atoms. The summed E-state index contributed by atoms with van der Waals surface area (Å²) in [6.07, 6.45) is 3.79. The molecule has 0 saturated heterocycles. The molecule has 0 bridgehead atoms. The summed E-state index contributed by atoms with van der Waals surface area (Å²) in [5.74, 6) is 0. The van der Waals surface area contributed by atoms with Crippen molar-refractivity contribution in [1.82, 2.24) is 0 Å². The predicted molar refractivity (Wildman–Crippen MR) is 64.7 cm³/mol. The van der Waals surface area contributed by atoms with Gasteiger partial charge in [-0.1, -0.05) is 42.3 Å². The second-order valence-electron chi connectivity index (χ2n) is 4.13. The summed E-state index contributed by atoms with van der Waals surface area (Å²) in [6.45, 7) is 5.92. The van der Waals surface area contributed by atoms with E-state index in [9.17, 15) is 5.11 Å². The van der Waals surface area contributed by atoms with Crippen LogP contribution in [0.4, 0.5) is 0 Å². The number of allylic oxidation sites excluding steroid dienone is 1. The fourth-order valence-corrected chi connectivity index (χ4v) is 1.61. The largest absolute Gasteiger partial charge is 0.388 e. The van der Waals surface area contributed by atoms with Crippen LogP contribution in [0.2, 0.25) is 0 Å². The Kier molecular flexibility index (Phi) is 5.13. The highest BCUT2D eigenvalue weighted by Crippen LogP contribution is 2.19. The van der Waals surface area contributed by atoms with E-state index in [1.54, 1.807) is 0 Å². The zero-order valence-corrected chi connectivity index (χ0v) is 9.45. The van der Waals surface area contributed by atoms with Crippen LogP contribution in [0.3, 0.4) is 0 Å². The van der Waals surface area contributed by atoms with Crippen molar-refractivity contribution in [2.45, 2.75) is 38.7 Å². The number of aliphatic hydroxyl groups excluding tert-OH is 1. The lowest BCUT2D eigenvalue weighted by molar-refractivity contribution is 0.163. The van der Waals surface area contributed by atoms with Crippen molar-refractivity contribution in [3.63, 3.8) is 0 Å². The Morgan fingerprint density at radius 2 is 1.93 bits per heavy atom. The SMILES string of the molecule is C=C(C)CCCCC(O)c1ccccc1. The molecular formula is C14H20O. The third-order valence-corrected chi connectivity index (χ3v) is 2.52. The number of benzene rings is 1. The van der Waals surface area contributed by atoms with Crippen LogP contribution >= 0.6 is 0 Å². The van der Waals surface area contributed by atoms with Crippen molar-refractivity contribution in [2.24, 2.45) is 0 Å². The second-order valence-corrected chi connectivity index (χ2v) is 4.13. The predicted octanol–water partition coefficient (Wildman–Crippen LogP) is 3.86. The molecule has 1 N–H and O–H groups in total. The molecular weight excluding hydrogens is 184 g/mol. The van der Waals surface area contributed by atoms with Crippen LogP contribution in [0.5, 0.6) is 0 Å². The molecule has 1 heteroatoms. The third kappa shape index (κ3) is 4.80. The summed E-state index contributed by atoms with van der Waals surface area (Å²) in [7, 11) is 0. The molecule has 0 heterocycles. The summed E-state index contributed by atoms with van der Waals surface area (Å²) >= 11 is 0. The first-order valence-corrected chi connectivity index (χ1v) is 5.57. The molecule has 1 aromatic rings. The van der Waals surface area contributed by atoms with Gasteiger partial charge in [-0.3, -0.25) is 0 Å². The molecule has 0 radical (unpaired) electrons. The monoisotopic (exact) mass is 204 g/mol. The van der Waals surface area contributed by atoms with Gasteiger partial charge in [0.1, 0.15) is 0 Å². The molecule has 0 fully saturated rings. The summed E-state index contributed by atoms with van der Waals surface area (Å²) < 4.78 is 0. The lowest BCUT2D eigenvalue weighted by Gasteiger charge is -2.10. The van der Waals surface area contributed by atoms with E-state index in [1.807, 2.05) is 37.3 Å². The van der Waals surface area contributed by atoms with E-state index >= 15 is 0 Å². The summed E-state index contributed by atoms with van der Waals surface area (Å²) in [5.41, 5.74) is 2.25. The van der Waals surface area contributed by atoms with E-state index in [-0.39, 0.29) is 6.10 Å². The summed E-state index contributed by atoms with van der Waals surface area (Å²) in [4.78, 5) is 0. The average Bonchev–Trinajstić information content (AvgIpc) is 2.25. The minimum absolute atomic E-state index is 0.309. The molecule has 1 atom stereocenters. The third-order valence-electron chi connectivity index (χ3n) is 2.52. The Bertz CT molecular complexity index is 289. The molecule has 0 aliphatic heterocycles. The molecule has 0 aliphatic rings. The zero-order chi connectivity index (χ0) is 11.1. The van der Waals surface area contributed by atoms with E-state index < -0.39 is 0 Å². The summed E-state index contributed by atoms with van der Waals surface area (Å²) in [6, 6.07) is 9.85. The topological polar surface area (TPSA) is 20.2 Å². The first kappa shape index (κ1) is 12.0. The Balaban J connectivity index is 2.25. The van der Waals surface area contributed by atoms with Crippen LogP contribution in [0.1, 0.15) is 44.3 Å². The van der Waals surface area contributed by atoms with Gasteiger partial charge in [-0.15, -0.1) is 6.58 Å². The van der Waals surface area contributed by atoms with Crippen molar-refractivity contribution in [3.8, 4) is 0 Å². The maximum atomic E-state index is 9.86. The van der Waals surface area contributed by atoms with Gasteiger partial charge in [0.2, 0.25) is 0 Å². The van der Waals surface area contributed by atoms with Gasteiger partial charge in [-0.05, 0) is 31.7 Å². The highest BCUT2D eigenvalue weighted by atomic mass is 16.3. The second kappa shape index (κ2) is 6.41. The van der Waals surface area contributed by atoms with Crippen molar-refractivity contribution in [2.75, 3.05) is 0 Å². The molecule has 1 aromatic carbocycles. The fraction of sp³-hybridized carbons (Fsp3) is 0.429. The number of aliphatic hydroxyl groups is 1. The average molecular weight is 204 g/mol. The lowest BCUT2D eigenvalue weighted by atomic mass is 10.0. The van der Waals surface area contributed by atoms with Crippen LogP contribution in [0.25, 0.3) is 0 Å². The van der Waals surface area contributed by atoms with Crippen LogP contribution in [0, 0.1) is 0 Å². The molecule has 0 amide bonds. The van der Waals surface area contributed by atoms with Crippen LogP contribution < -0.4 is 0 Å². The van der Waals surface area contributed by atoms with Gasteiger partial charge < -0.3 is 5.11 Å². The molecule has 0 saturated carbocycles. The normalized spacial score (nSPS) is 12.4. The van der Waals surface area contributed by atoms with Crippen molar-refractivity contribution in [1.29, 1.82) is 0 Å². The van der Waals surface area contributed by atoms with Gasteiger partial charge in [0.05, 0.1) is 6.10 Å². The van der Waals surface area contributed by atoms with Gasteiger partial charge in [0, 0.05) is 0 Å². The first-order chi connectivity index (χ1) is 7.20. The van der Waals surface area contributed by atoms with Crippen molar-refractivity contribution in [3.05, 3.63) is 48.0 Å². The van der Waals surface area contributed by atoms with Crippen LogP contribution in [-0.2, 0) is 0 Å². The quantitative estimate of drug-likeness (QED) is 0.551. The zero-order valence-electron chi connectivity index (χ0n) is 9.45. The molecule has 0 spiro atoms. The minimum Gasteiger partial charge on any atom is -0.388 e. The summed E-state index contributed by atoms with van der Waals surface area (Å²) in [5, 5.41) is 9.86. The molecule has 0 aromatic heterocycles. The fourth-order valence-electron chi connectivity index (χ4n) is 1.61. The Hall–Kier alpha value is -1.08. The van der Waals surface area contributed by atoms with Crippen molar-refractivity contribution >= 4 is 0 Å². The number of rotatable bonds is 6. The van der Waals surface area contributed by atoms with E-state index in [1.165, 1.54) is 5.57 Å². The van der Waals surface area contributed by atoms with Crippen LogP contribution in [0.15, 0.2) is 42.5 Å². The van der Waals surface area contributed by atoms with Gasteiger partial charge in [-0.25, -0.2) is 0 Å². The Labute approximate surface area is 92.5 Å². The smallest absolute Gasteiger partial charge is 0.0790 e. The molecule has 0 aliphatic carbocycles.